The van der Waals surface area contributed by atoms with Crippen molar-refractivity contribution in [2.24, 2.45) is 0 Å². The number of rotatable bonds is 5. The normalized spacial score (nSPS) is 11.2. The van der Waals surface area contributed by atoms with Crippen LogP contribution in [-0.4, -0.2) is 32.8 Å². The first-order chi connectivity index (χ1) is 9.19. The molecule has 1 rings (SSSR count). The second-order valence-corrected chi connectivity index (χ2v) is 5.98. The topological polar surface area (TPSA) is 118 Å². The Kier molecular flexibility index (Phi) is 5.03. The number of sulfonamides is 1. The summed E-state index contributed by atoms with van der Waals surface area (Å²) in [5.41, 5.74) is -0.236. The lowest BCUT2D eigenvalue weighted by molar-refractivity contribution is -0.385. The number of nitro benzene ring substituents is 1. The van der Waals surface area contributed by atoms with E-state index in [1.807, 2.05) is 4.72 Å². The van der Waals surface area contributed by atoms with E-state index in [-0.39, 0.29) is 15.5 Å². The van der Waals surface area contributed by atoms with E-state index in [2.05, 4.69) is 5.32 Å². The van der Waals surface area contributed by atoms with Crippen LogP contribution < -0.4 is 10.0 Å². The standard InChI is InChI=1S/C10H12ClN3O5S/c1-6-8(11)3-7(4-9(6)14(16)17)20(18,19)13-5-10(15)12-2/h3-4,13H,5H2,1-2H3,(H,12,15). The van der Waals surface area contributed by atoms with Gasteiger partial charge >= 0.3 is 0 Å². The molecule has 10 heteroatoms. The third kappa shape index (κ3) is 3.65. The van der Waals surface area contributed by atoms with Crippen molar-refractivity contribution in [3.63, 3.8) is 0 Å². The van der Waals surface area contributed by atoms with Crippen molar-refractivity contribution in [2.75, 3.05) is 13.6 Å². The summed E-state index contributed by atoms with van der Waals surface area (Å²) in [5.74, 6) is -0.540. The molecule has 0 heterocycles. The van der Waals surface area contributed by atoms with Crippen molar-refractivity contribution in [3.05, 3.63) is 32.8 Å². The lowest BCUT2D eigenvalue weighted by atomic mass is 10.2. The predicted molar refractivity (Wildman–Crippen MR) is 72.1 cm³/mol. The van der Waals surface area contributed by atoms with Gasteiger partial charge in [0.1, 0.15) is 0 Å². The number of carbonyl (C=O) groups excluding carboxylic acids is 1. The number of nitrogens with zero attached hydrogens (tertiary/aromatic N) is 1. The number of hydrogen-bond donors (Lipinski definition) is 2. The van der Waals surface area contributed by atoms with Crippen LogP contribution >= 0.6 is 11.6 Å². The van der Waals surface area contributed by atoms with Crippen LogP contribution in [0.2, 0.25) is 5.02 Å². The second-order valence-electron chi connectivity index (χ2n) is 3.80. The summed E-state index contributed by atoms with van der Waals surface area (Å²) in [7, 11) is -2.71. The first-order valence-corrected chi connectivity index (χ1v) is 7.20. The highest BCUT2D eigenvalue weighted by Gasteiger charge is 2.22. The number of likely N-dealkylation sites (N-methyl/N-ethyl adjacent to an activating group) is 1. The van der Waals surface area contributed by atoms with Crippen molar-refractivity contribution in [3.8, 4) is 0 Å². The van der Waals surface area contributed by atoms with Gasteiger partial charge in [-0.2, -0.15) is 0 Å². The van der Waals surface area contributed by atoms with Gasteiger partial charge in [0.2, 0.25) is 15.9 Å². The number of amides is 1. The first kappa shape index (κ1) is 16.3. The van der Waals surface area contributed by atoms with Gasteiger partial charge in [0, 0.05) is 18.7 Å². The molecule has 1 aromatic carbocycles. The van der Waals surface area contributed by atoms with Gasteiger partial charge in [-0.05, 0) is 13.0 Å². The number of carbonyl (C=O) groups is 1. The van der Waals surface area contributed by atoms with E-state index in [4.69, 9.17) is 11.6 Å². The summed E-state index contributed by atoms with van der Waals surface area (Å²) in [6, 6.07) is 1.99. The van der Waals surface area contributed by atoms with Crippen LogP contribution in [0.25, 0.3) is 0 Å². The third-order valence-electron chi connectivity index (χ3n) is 2.50. The van der Waals surface area contributed by atoms with Crippen LogP contribution in [0, 0.1) is 17.0 Å². The van der Waals surface area contributed by atoms with Gasteiger partial charge in [0.15, 0.2) is 0 Å². The van der Waals surface area contributed by atoms with E-state index in [0.717, 1.165) is 12.1 Å². The van der Waals surface area contributed by atoms with Gasteiger partial charge in [-0.3, -0.25) is 14.9 Å². The summed E-state index contributed by atoms with van der Waals surface area (Å²) >= 11 is 5.78. The fraction of sp³-hybridized carbons (Fsp3) is 0.300. The lowest BCUT2D eigenvalue weighted by Gasteiger charge is -2.08. The molecule has 110 valence electrons. The predicted octanol–water partition coefficient (Wildman–Crippen LogP) is 0.581. The zero-order valence-electron chi connectivity index (χ0n) is 10.6. The molecular formula is C10H12ClN3O5S. The van der Waals surface area contributed by atoms with E-state index in [1.54, 1.807) is 0 Å². The van der Waals surface area contributed by atoms with Crippen LogP contribution in [0.5, 0.6) is 0 Å². The van der Waals surface area contributed by atoms with E-state index < -0.39 is 33.1 Å². The lowest BCUT2D eigenvalue weighted by Crippen LogP contribution is -2.35. The highest BCUT2D eigenvalue weighted by atomic mass is 35.5. The monoisotopic (exact) mass is 321 g/mol. The molecule has 0 aromatic heterocycles. The molecule has 1 amide bonds. The SMILES string of the molecule is CNC(=O)CNS(=O)(=O)c1cc(Cl)c(C)c([N+](=O)[O-])c1. The smallest absolute Gasteiger partial charge is 0.275 e. The Balaban J connectivity index is 3.19. The van der Waals surface area contributed by atoms with E-state index >= 15 is 0 Å². The summed E-state index contributed by atoms with van der Waals surface area (Å²) in [4.78, 5) is 20.8. The highest BCUT2D eigenvalue weighted by Crippen LogP contribution is 2.29. The van der Waals surface area contributed by atoms with Crippen molar-refractivity contribution in [2.45, 2.75) is 11.8 Å². The Hall–Kier alpha value is -1.71. The Morgan fingerprint density at radius 1 is 1.45 bits per heavy atom. The van der Waals surface area contributed by atoms with Crippen molar-refractivity contribution in [1.82, 2.24) is 10.0 Å². The molecule has 20 heavy (non-hydrogen) atoms. The summed E-state index contributed by atoms with van der Waals surface area (Å²) in [5, 5.41) is 13.0. The molecule has 0 aliphatic carbocycles. The molecule has 0 spiro atoms. The Labute approximate surface area is 120 Å². The number of halogens is 1. The molecular weight excluding hydrogens is 310 g/mol. The largest absolute Gasteiger partial charge is 0.358 e. The van der Waals surface area contributed by atoms with Crippen molar-refractivity contribution in [1.29, 1.82) is 0 Å². The minimum absolute atomic E-state index is 0.0421. The van der Waals surface area contributed by atoms with Crippen LogP contribution in [0.4, 0.5) is 5.69 Å². The van der Waals surface area contributed by atoms with Gasteiger partial charge in [0.25, 0.3) is 5.69 Å². The molecule has 1 aromatic rings. The zero-order valence-corrected chi connectivity index (χ0v) is 12.2. The maximum Gasteiger partial charge on any atom is 0.275 e. The Morgan fingerprint density at radius 3 is 2.55 bits per heavy atom. The van der Waals surface area contributed by atoms with E-state index in [1.165, 1.54) is 14.0 Å². The highest BCUT2D eigenvalue weighted by molar-refractivity contribution is 7.89. The number of benzene rings is 1. The van der Waals surface area contributed by atoms with Gasteiger partial charge < -0.3 is 5.32 Å². The minimum atomic E-state index is -4.06. The summed E-state index contributed by atoms with van der Waals surface area (Å²) < 4.78 is 25.9. The quantitative estimate of drug-likeness (QED) is 0.607. The first-order valence-electron chi connectivity index (χ1n) is 5.34. The number of nitrogens with one attached hydrogen (secondary N) is 2. The molecule has 0 atom stereocenters. The fourth-order valence-corrected chi connectivity index (χ4v) is 2.62. The molecule has 0 fully saturated rings. The molecule has 0 saturated heterocycles. The minimum Gasteiger partial charge on any atom is -0.358 e. The third-order valence-corrected chi connectivity index (χ3v) is 4.27. The molecule has 0 radical (unpaired) electrons. The zero-order chi connectivity index (χ0) is 15.5. The molecule has 2 N–H and O–H groups in total. The maximum absolute atomic E-state index is 11.9. The van der Waals surface area contributed by atoms with Crippen LogP contribution in [0.1, 0.15) is 5.56 Å². The molecule has 0 bridgehead atoms. The average Bonchev–Trinajstić information content (AvgIpc) is 2.38. The summed E-state index contributed by atoms with van der Waals surface area (Å²) in [6.07, 6.45) is 0. The summed E-state index contributed by atoms with van der Waals surface area (Å²) in [6.45, 7) is 0.937. The molecule has 0 aliphatic rings. The van der Waals surface area contributed by atoms with Gasteiger partial charge in [-0.1, -0.05) is 11.6 Å². The van der Waals surface area contributed by atoms with Crippen molar-refractivity contribution < 1.29 is 18.1 Å². The van der Waals surface area contributed by atoms with Gasteiger partial charge in [-0.25, -0.2) is 13.1 Å². The van der Waals surface area contributed by atoms with Gasteiger partial charge in [-0.15, -0.1) is 0 Å². The average molecular weight is 322 g/mol. The fourth-order valence-electron chi connectivity index (χ4n) is 1.32. The Morgan fingerprint density at radius 2 is 2.05 bits per heavy atom. The second kappa shape index (κ2) is 6.16. The molecule has 8 nitrogen and oxygen atoms in total. The van der Waals surface area contributed by atoms with Crippen molar-refractivity contribution >= 4 is 33.2 Å². The number of nitro groups is 1. The van der Waals surface area contributed by atoms with Gasteiger partial charge in [0.05, 0.1) is 21.4 Å². The van der Waals surface area contributed by atoms with E-state index in [9.17, 15) is 23.3 Å². The number of hydrogen-bond acceptors (Lipinski definition) is 5. The maximum atomic E-state index is 11.9. The molecule has 0 unspecified atom stereocenters. The van der Waals surface area contributed by atoms with E-state index in [0.29, 0.717) is 0 Å². The van der Waals surface area contributed by atoms with Crippen LogP contribution in [0.3, 0.4) is 0 Å². The van der Waals surface area contributed by atoms with Crippen LogP contribution in [0.15, 0.2) is 17.0 Å². The molecule has 0 saturated carbocycles. The van der Waals surface area contributed by atoms with Crippen LogP contribution in [-0.2, 0) is 14.8 Å². The Bertz CT molecular complexity index is 659. The molecule has 0 aliphatic heterocycles.